The number of rotatable bonds is 4. The van der Waals surface area contributed by atoms with Crippen molar-refractivity contribution in [3.8, 4) is 5.75 Å². The molecule has 1 fully saturated rings. The number of nitrogens with zero attached hydrogens (tertiary/aromatic N) is 2. The van der Waals surface area contributed by atoms with E-state index in [4.69, 9.17) is 17.0 Å². The molecule has 0 unspecified atom stereocenters. The molecule has 3 rings (SSSR count). The predicted molar refractivity (Wildman–Crippen MR) is 106 cm³/mol. The number of piperazine rings is 1. The van der Waals surface area contributed by atoms with Crippen LogP contribution in [0, 0.1) is 5.82 Å². The second-order valence-corrected chi connectivity index (χ2v) is 8.28. The summed E-state index contributed by atoms with van der Waals surface area (Å²) >= 11 is 5.43. The van der Waals surface area contributed by atoms with E-state index in [2.05, 4.69) is 5.32 Å². The summed E-state index contributed by atoms with van der Waals surface area (Å²) in [6.07, 6.45) is 0. The van der Waals surface area contributed by atoms with Gasteiger partial charge >= 0.3 is 0 Å². The average molecular weight is 410 g/mol. The number of thiocarbonyl (C=S) groups is 1. The number of halogens is 1. The zero-order chi connectivity index (χ0) is 19.4. The first-order valence-corrected chi connectivity index (χ1v) is 10.2. The number of hydrogen-bond donors (Lipinski definition) is 1. The van der Waals surface area contributed by atoms with Crippen molar-refractivity contribution in [2.75, 3.05) is 38.6 Å². The third kappa shape index (κ3) is 4.37. The van der Waals surface area contributed by atoms with Crippen LogP contribution in [0.25, 0.3) is 0 Å². The van der Waals surface area contributed by atoms with Crippen LogP contribution in [-0.2, 0) is 10.0 Å². The molecule has 0 atom stereocenters. The van der Waals surface area contributed by atoms with Crippen molar-refractivity contribution < 1.29 is 17.5 Å². The van der Waals surface area contributed by atoms with Crippen LogP contribution in [-0.4, -0.2) is 56.0 Å². The van der Waals surface area contributed by atoms with E-state index < -0.39 is 15.8 Å². The van der Waals surface area contributed by atoms with Crippen molar-refractivity contribution in [1.29, 1.82) is 0 Å². The highest BCUT2D eigenvalue weighted by molar-refractivity contribution is 7.89. The van der Waals surface area contributed by atoms with Gasteiger partial charge in [-0.1, -0.05) is 18.2 Å². The average Bonchev–Trinajstić information content (AvgIpc) is 2.68. The molecule has 1 saturated heterocycles. The monoisotopic (exact) mass is 409 g/mol. The molecule has 1 heterocycles. The summed E-state index contributed by atoms with van der Waals surface area (Å²) in [5.41, 5.74) is 0.792. The molecule has 27 heavy (non-hydrogen) atoms. The number of benzene rings is 2. The first-order valence-electron chi connectivity index (χ1n) is 8.36. The maximum atomic E-state index is 13.9. The minimum atomic E-state index is -3.86. The number of ether oxygens (including phenoxy) is 1. The molecule has 0 bridgehead atoms. The molecule has 0 saturated carbocycles. The van der Waals surface area contributed by atoms with E-state index >= 15 is 0 Å². The molecule has 1 aliphatic heterocycles. The largest absolute Gasteiger partial charge is 0.497 e. The van der Waals surface area contributed by atoms with Gasteiger partial charge in [0.2, 0.25) is 10.0 Å². The Bertz CT molecular complexity index is 929. The van der Waals surface area contributed by atoms with Gasteiger partial charge in [-0.15, -0.1) is 0 Å². The summed E-state index contributed by atoms with van der Waals surface area (Å²) in [4.78, 5) is 1.60. The number of nitrogens with one attached hydrogen (secondary N) is 1. The van der Waals surface area contributed by atoms with Crippen LogP contribution in [0.3, 0.4) is 0 Å². The fourth-order valence-corrected chi connectivity index (χ4v) is 4.62. The highest BCUT2D eigenvalue weighted by Crippen LogP contribution is 2.21. The van der Waals surface area contributed by atoms with Gasteiger partial charge in [0.1, 0.15) is 16.5 Å². The first kappa shape index (κ1) is 19.5. The summed E-state index contributed by atoms with van der Waals surface area (Å²) in [7, 11) is -2.27. The van der Waals surface area contributed by atoms with Crippen molar-refractivity contribution in [2.45, 2.75) is 4.90 Å². The predicted octanol–water partition coefficient (Wildman–Crippen LogP) is 2.54. The van der Waals surface area contributed by atoms with E-state index in [1.165, 1.54) is 22.5 Å². The van der Waals surface area contributed by atoms with Crippen molar-refractivity contribution >= 4 is 33.0 Å². The molecule has 0 radical (unpaired) electrons. The van der Waals surface area contributed by atoms with E-state index in [-0.39, 0.29) is 18.0 Å². The Morgan fingerprint density at radius 2 is 1.81 bits per heavy atom. The first-order chi connectivity index (χ1) is 12.9. The van der Waals surface area contributed by atoms with Crippen LogP contribution >= 0.6 is 12.2 Å². The van der Waals surface area contributed by atoms with Gasteiger partial charge in [-0.2, -0.15) is 4.31 Å². The summed E-state index contributed by atoms with van der Waals surface area (Å²) < 4.78 is 45.7. The van der Waals surface area contributed by atoms with E-state index in [1.54, 1.807) is 7.11 Å². The quantitative estimate of drug-likeness (QED) is 0.783. The van der Waals surface area contributed by atoms with Gasteiger partial charge < -0.3 is 15.0 Å². The van der Waals surface area contributed by atoms with Crippen molar-refractivity contribution in [3.05, 3.63) is 54.3 Å². The maximum absolute atomic E-state index is 13.9. The zero-order valence-electron chi connectivity index (χ0n) is 14.8. The Kier molecular flexibility index (Phi) is 5.93. The highest BCUT2D eigenvalue weighted by atomic mass is 32.2. The topological polar surface area (TPSA) is 61.9 Å². The second kappa shape index (κ2) is 8.20. The van der Waals surface area contributed by atoms with Gasteiger partial charge in [-0.05, 0) is 36.5 Å². The van der Waals surface area contributed by atoms with Gasteiger partial charge in [-0.25, -0.2) is 12.8 Å². The lowest BCUT2D eigenvalue weighted by Crippen LogP contribution is -2.51. The standard InChI is InChI=1S/C18H20FN3O3S2/c1-25-15-6-4-5-14(13-15)20-18(26)21-9-11-22(12-10-21)27(23,24)17-8-3-2-7-16(17)19/h2-8,13H,9-12H2,1H3,(H,20,26). The molecular weight excluding hydrogens is 389 g/mol. The molecule has 0 spiro atoms. The number of anilines is 1. The van der Waals surface area contributed by atoms with E-state index in [1.807, 2.05) is 29.2 Å². The molecule has 0 amide bonds. The Morgan fingerprint density at radius 3 is 2.48 bits per heavy atom. The Morgan fingerprint density at radius 1 is 1.11 bits per heavy atom. The zero-order valence-corrected chi connectivity index (χ0v) is 16.4. The highest BCUT2D eigenvalue weighted by Gasteiger charge is 2.31. The third-order valence-corrected chi connectivity index (χ3v) is 6.59. The molecule has 6 nitrogen and oxygen atoms in total. The maximum Gasteiger partial charge on any atom is 0.246 e. The lowest BCUT2D eigenvalue weighted by molar-refractivity contribution is 0.268. The molecular formula is C18H20FN3O3S2. The Labute approximate surface area is 163 Å². The molecule has 2 aromatic carbocycles. The Balaban J connectivity index is 1.63. The number of sulfonamides is 1. The SMILES string of the molecule is COc1cccc(NC(=S)N2CCN(S(=O)(=O)c3ccccc3F)CC2)c1. The Hall–Kier alpha value is -2.23. The lowest BCUT2D eigenvalue weighted by atomic mass is 10.3. The van der Waals surface area contributed by atoms with Crippen molar-refractivity contribution in [3.63, 3.8) is 0 Å². The fourth-order valence-electron chi connectivity index (χ4n) is 2.83. The van der Waals surface area contributed by atoms with E-state index in [0.29, 0.717) is 24.0 Å². The van der Waals surface area contributed by atoms with Gasteiger partial charge in [-0.3, -0.25) is 0 Å². The van der Waals surface area contributed by atoms with Crippen LogP contribution in [0.1, 0.15) is 0 Å². The van der Waals surface area contributed by atoms with Gasteiger partial charge in [0.05, 0.1) is 7.11 Å². The van der Waals surface area contributed by atoms with Crippen LogP contribution < -0.4 is 10.1 Å². The number of methoxy groups -OCH3 is 1. The molecule has 9 heteroatoms. The summed E-state index contributed by atoms with van der Waals surface area (Å²) in [5.74, 6) is -0.0289. The van der Waals surface area contributed by atoms with Crippen LogP contribution in [0.4, 0.5) is 10.1 Å². The molecule has 2 aromatic rings. The number of hydrogen-bond acceptors (Lipinski definition) is 4. The molecule has 0 aromatic heterocycles. The van der Waals surface area contributed by atoms with Gasteiger partial charge in [0, 0.05) is 37.9 Å². The fraction of sp³-hybridized carbons (Fsp3) is 0.278. The van der Waals surface area contributed by atoms with Crippen LogP contribution in [0.2, 0.25) is 0 Å². The second-order valence-electron chi connectivity index (χ2n) is 5.98. The molecule has 0 aliphatic carbocycles. The normalized spacial score (nSPS) is 15.4. The molecule has 1 aliphatic rings. The summed E-state index contributed by atoms with van der Waals surface area (Å²) in [6, 6.07) is 12.8. The minimum absolute atomic E-state index is 0.233. The summed E-state index contributed by atoms with van der Waals surface area (Å²) in [6.45, 7) is 1.31. The van der Waals surface area contributed by atoms with Gasteiger partial charge in [0.25, 0.3) is 0 Å². The lowest BCUT2D eigenvalue weighted by Gasteiger charge is -2.35. The molecule has 144 valence electrons. The van der Waals surface area contributed by atoms with Crippen LogP contribution in [0.15, 0.2) is 53.4 Å². The van der Waals surface area contributed by atoms with Crippen molar-refractivity contribution in [2.24, 2.45) is 0 Å². The minimum Gasteiger partial charge on any atom is -0.497 e. The van der Waals surface area contributed by atoms with Gasteiger partial charge in [0.15, 0.2) is 5.11 Å². The van der Waals surface area contributed by atoms with Crippen molar-refractivity contribution in [1.82, 2.24) is 9.21 Å². The molecule has 1 N–H and O–H groups in total. The third-order valence-electron chi connectivity index (χ3n) is 4.30. The van der Waals surface area contributed by atoms with E-state index in [0.717, 1.165) is 11.8 Å². The van der Waals surface area contributed by atoms with E-state index in [9.17, 15) is 12.8 Å². The summed E-state index contributed by atoms with van der Waals surface area (Å²) in [5, 5.41) is 3.64. The smallest absolute Gasteiger partial charge is 0.246 e. The van der Waals surface area contributed by atoms with Crippen LogP contribution in [0.5, 0.6) is 5.75 Å².